The Morgan fingerprint density at radius 2 is 1.83 bits per heavy atom. The zero-order valence-electron chi connectivity index (χ0n) is 17.5. The molecule has 30 heavy (non-hydrogen) atoms. The van der Waals surface area contributed by atoms with E-state index < -0.39 is 0 Å². The van der Waals surface area contributed by atoms with Crippen molar-refractivity contribution in [3.8, 4) is 11.3 Å². The van der Waals surface area contributed by atoms with Gasteiger partial charge in [-0.2, -0.15) is 0 Å². The van der Waals surface area contributed by atoms with Crippen LogP contribution >= 0.6 is 0 Å². The van der Waals surface area contributed by atoms with Gasteiger partial charge in [0.05, 0.1) is 18.8 Å². The monoisotopic (exact) mass is 414 g/mol. The average Bonchev–Trinajstić information content (AvgIpc) is 3.27. The van der Waals surface area contributed by atoms with Gasteiger partial charge >= 0.3 is 0 Å². The maximum absolute atomic E-state index is 13.9. The van der Waals surface area contributed by atoms with Gasteiger partial charge in [0.1, 0.15) is 17.3 Å². The Hall–Kier alpha value is -2.18. The number of morpholine rings is 1. The van der Waals surface area contributed by atoms with E-state index >= 15 is 0 Å². The fourth-order valence-electron chi connectivity index (χ4n) is 4.76. The Balaban J connectivity index is 1.31. The van der Waals surface area contributed by atoms with Crippen molar-refractivity contribution in [2.75, 3.05) is 32.8 Å². The number of benzene rings is 1. The molecule has 4 rings (SSSR count). The SMILES string of the molecule is O=C(CCc1ccc(-c2ccccc2F)o1)NCC1(N2CCOCC2)CCCCC1. The van der Waals surface area contributed by atoms with Crippen molar-refractivity contribution in [2.45, 2.75) is 50.5 Å². The summed E-state index contributed by atoms with van der Waals surface area (Å²) >= 11 is 0. The summed E-state index contributed by atoms with van der Waals surface area (Å²) in [5.74, 6) is 0.926. The van der Waals surface area contributed by atoms with Gasteiger partial charge in [0.2, 0.25) is 5.91 Å². The summed E-state index contributed by atoms with van der Waals surface area (Å²) in [5, 5.41) is 3.19. The van der Waals surface area contributed by atoms with Gasteiger partial charge in [-0.25, -0.2) is 4.39 Å². The summed E-state index contributed by atoms with van der Waals surface area (Å²) in [6, 6.07) is 10.1. The second kappa shape index (κ2) is 9.75. The van der Waals surface area contributed by atoms with E-state index in [0.29, 0.717) is 36.5 Å². The summed E-state index contributed by atoms with van der Waals surface area (Å²) in [5.41, 5.74) is 0.512. The van der Waals surface area contributed by atoms with Crippen LogP contribution in [0.2, 0.25) is 0 Å². The standard InChI is InChI=1S/C24H31FN2O3/c25-21-7-3-2-6-20(21)22-10-8-19(30-22)9-11-23(28)26-18-24(12-4-1-5-13-24)27-14-16-29-17-15-27/h2-3,6-8,10H,1,4-5,9,11-18H2,(H,26,28). The molecular weight excluding hydrogens is 383 g/mol. The van der Waals surface area contributed by atoms with Crippen LogP contribution in [0.5, 0.6) is 0 Å². The van der Waals surface area contributed by atoms with Gasteiger partial charge in [0.15, 0.2) is 0 Å². The van der Waals surface area contributed by atoms with Crippen LogP contribution in [0, 0.1) is 5.82 Å². The molecule has 1 aliphatic heterocycles. The lowest BCUT2D eigenvalue weighted by Gasteiger charge is -2.48. The second-order valence-electron chi connectivity index (χ2n) is 8.41. The maximum Gasteiger partial charge on any atom is 0.220 e. The summed E-state index contributed by atoms with van der Waals surface area (Å²) in [4.78, 5) is 15.1. The molecule has 0 radical (unpaired) electrons. The van der Waals surface area contributed by atoms with Gasteiger partial charge in [0, 0.05) is 38.0 Å². The number of carbonyl (C=O) groups excluding carboxylic acids is 1. The van der Waals surface area contributed by atoms with Crippen LogP contribution < -0.4 is 5.32 Å². The molecule has 2 aliphatic rings. The smallest absolute Gasteiger partial charge is 0.220 e. The number of hydrogen-bond donors (Lipinski definition) is 1. The Morgan fingerprint density at radius 3 is 2.60 bits per heavy atom. The first kappa shape index (κ1) is 21.1. The van der Waals surface area contributed by atoms with Gasteiger partial charge in [-0.15, -0.1) is 0 Å². The second-order valence-corrected chi connectivity index (χ2v) is 8.41. The fraction of sp³-hybridized carbons (Fsp3) is 0.542. The topological polar surface area (TPSA) is 54.7 Å². The van der Waals surface area contributed by atoms with Gasteiger partial charge in [-0.1, -0.05) is 31.4 Å². The lowest BCUT2D eigenvalue weighted by atomic mass is 9.79. The molecule has 1 N–H and O–H groups in total. The highest BCUT2D eigenvalue weighted by Crippen LogP contribution is 2.34. The molecule has 0 unspecified atom stereocenters. The van der Waals surface area contributed by atoms with Crippen LogP contribution in [0.1, 0.15) is 44.3 Å². The zero-order valence-corrected chi connectivity index (χ0v) is 17.5. The molecule has 6 heteroatoms. The van der Waals surface area contributed by atoms with E-state index in [4.69, 9.17) is 9.15 Å². The first-order chi connectivity index (χ1) is 14.7. The molecular formula is C24H31FN2O3. The first-order valence-electron chi connectivity index (χ1n) is 11.1. The van der Waals surface area contributed by atoms with Crippen LogP contribution in [-0.4, -0.2) is 49.2 Å². The number of amides is 1. The zero-order chi connectivity index (χ0) is 20.8. The number of hydrogen-bond acceptors (Lipinski definition) is 4. The molecule has 1 saturated heterocycles. The minimum atomic E-state index is -0.308. The van der Waals surface area contributed by atoms with Crippen molar-refractivity contribution in [1.29, 1.82) is 0 Å². The number of carbonyl (C=O) groups is 1. The molecule has 0 atom stereocenters. The Kier molecular flexibility index (Phi) is 6.85. The van der Waals surface area contributed by atoms with E-state index in [9.17, 15) is 9.18 Å². The fourth-order valence-corrected chi connectivity index (χ4v) is 4.76. The molecule has 0 spiro atoms. The Labute approximate surface area is 177 Å². The summed E-state index contributed by atoms with van der Waals surface area (Å²) in [6.07, 6.45) is 6.86. The Morgan fingerprint density at radius 1 is 1.07 bits per heavy atom. The molecule has 162 valence electrons. The molecule has 1 saturated carbocycles. The predicted molar refractivity (Wildman–Crippen MR) is 114 cm³/mol. The third kappa shape index (κ3) is 4.93. The van der Waals surface area contributed by atoms with Crippen molar-refractivity contribution in [2.24, 2.45) is 0 Å². The van der Waals surface area contributed by atoms with Gasteiger partial charge in [-0.3, -0.25) is 9.69 Å². The minimum absolute atomic E-state index is 0.0389. The number of rotatable bonds is 7. The van der Waals surface area contributed by atoms with E-state index in [1.54, 1.807) is 24.3 Å². The lowest BCUT2D eigenvalue weighted by molar-refractivity contribution is -0.122. The van der Waals surface area contributed by atoms with Gasteiger partial charge in [-0.05, 0) is 37.1 Å². The van der Waals surface area contributed by atoms with Crippen molar-refractivity contribution in [1.82, 2.24) is 10.2 Å². The molecule has 1 aliphatic carbocycles. The summed E-state index contributed by atoms with van der Waals surface area (Å²) < 4.78 is 25.2. The number of nitrogens with one attached hydrogen (secondary N) is 1. The van der Waals surface area contributed by atoms with Crippen LogP contribution in [0.4, 0.5) is 4.39 Å². The predicted octanol–water partition coefficient (Wildman–Crippen LogP) is 4.17. The number of halogens is 1. The van der Waals surface area contributed by atoms with Crippen molar-refractivity contribution in [3.63, 3.8) is 0 Å². The van der Waals surface area contributed by atoms with E-state index in [-0.39, 0.29) is 17.3 Å². The van der Waals surface area contributed by atoms with E-state index in [1.807, 2.05) is 6.07 Å². The molecule has 1 aromatic carbocycles. The highest BCUT2D eigenvalue weighted by molar-refractivity contribution is 5.76. The van der Waals surface area contributed by atoms with Crippen molar-refractivity contribution < 1.29 is 18.3 Å². The molecule has 1 amide bonds. The molecule has 1 aromatic heterocycles. The van der Waals surface area contributed by atoms with Crippen molar-refractivity contribution in [3.05, 3.63) is 48.0 Å². The minimum Gasteiger partial charge on any atom is -0.461 e. The van der Waals surface area contributed by atoms with E-state index in [2.05, 4.69) is 10.2 Å². The van der Waals surface area contributed by atoms with Gasteiger partial charge < -0.3 is 14.5 Å². The molecule has 2 heterocycles. The number of aryl methyl sites for hydroxylation is 1. The quantitative estimate of drug-likeness (QED) is 0.739. The lowest BCUT2D eigenvalue weighted by Crippen LogP contribution is -2.59. The van der Waals surface area contributed by atoms with Gasteiger partial charge in [0.25, 0.3) is 0 Å². The molecule has 2 aromatic rings. The summed E-state index contributed by atoms with van der Waals surface area (Å²) in [6.45, 7) is 4.14. The van der Waals surface area contributed by atoms with Crippen LogP contribution in [-0.2, 0) is 16.0 Å². The number of furan rings is 1. The number of nitrogens with zero attached hydrogens (tertiary/aromatic N) is 1. The van der Waals surface area contributed by atoms with Crippen LogP contribution in [0.15, 0.2) is 40.8 Å². The van der Waals surface area contributed by atoms with Crippen molar-refractivity contribution >= 4 is 5.91 Å². The third-order valence-corrected chi connectivity index (χ3v) is 6.48. The maximum atomic E-state index is 13.9. The largest absolute Gasteiger partial charge is 0.461 e. The third-order valence-electron chi connectivity index (χ3n) is 6.48. The summed E-state index contributed by atoms with van der Waals surface area (Å²) in [7, 11) is 0. The van der Waals surface area contributed by atoms with E-state index in [1.165, 1.54) is 25.3 Å². The normalized spacial score (nSPS) is 19.5. The Bertz CT molecular complexity index is 838. The molecule has 0 bridgehead atoms. The highest BCUT2D eigenvalue weighted by Gasteiger charge is 2.38. The molecule has 5 nitrogen and oxygen atoms in total. The first-order valence-corrected chi connectivity index (χ1v) is 11.1. The van der Waals surface area contributed by atoms with Crippen LogP contribution in [0.25, 0.3) is 11.3 Å². The van der Waals surface area contributed by atoms with E-state index in [0.717, 1.165) is 39.1 Å². The highest BCUT2D eigenvalue weighted by atomic mass is 19.1. The average molecular weight is 415 g/mol. The number of ether oxygens (including phenoxy) is 1. The molecule has 2 fully saturated rings. The van der Waals surface area contributed by atoms with Crippen LogP contribution in [0.3, 0.4) is 0 Å².